The van der Waals surface area contributed by atoms with E-state index in [1.165, 1.54) is 5.56 Å². The van der Waals surface area contributed by atoms with Crippen molar-refractivity contribution in [2.75, 3.05) is 12.4 Å². The van der Waals surface area contributed by atoms with Crippen LogP contribution in [-0.4, -0.2) is 26.0 Å². The van der Waals surface area contributed by atoms with Crippen molar-refractivity contribution >= 4 is 9.84 Å². The van der Waals surface area contributed by atoms with Gasteiger partial charge in [-0.2, -0.15) is 0 Å². The maximum absolute atomic E-state index is 12.2. The zero-order valence-electron chi connectivity index (χ0n) is 14.4. The maximum Gasteiger partial charge on any atom is 0.153 e. The Labute approximate surface area is 140 Å². The number of sulfone groups is 1. The molecule has 128 valence electrons. The molecule has 3 atom stereocenters. The predicted molar refractivity (Wildman–Crippen MR) is 93.7 cm³/mol. The van der Waals surface area contributed by atoms with Gasteiger partial charge >= 0.3 is 0 Å². The maximum atomic E-state index is 12.2. The van der Waals surface area contributed by atoms with E-state index in [1.807, 2.05) is 12.1 Å². The Bertz CT molecular complexity index is 648. The van der Waals surface area contributed by atoms with E-state index in [0.717, 1.165) is 31.4 Å². The van der Waals surface area contributed by atoms with Gasteiger partial charge in [-0.3, -0.25) is 0 Å². The van der Waals surface area contributed by atoms with Crippen LogP contribution >= 0.6 is 0 Å². The van der Waals surface area contributed by atoms with Gasteiger partial charge in [-0.05, 0) is 54.2 Å². The Morgan fingerprint density at radius 1 is 1.26 bits per heavy atom. The zero-order chi connectivity index (χ0) is 16.7. The lowest BCUT2D eigenvalue weighted by Crippen LogP contribution is -2.25. The molecule has 23 heavy (non-hydrogen) atoms. The lowest BCUT2D eigenvalue weighted by atomic mass is 9.94. The summed E-state index contributed by atoms with van der Waals surface area (Å²) in [5.74, 6) is 2.07. The summed E-state index contributed by atoms with van der Waals surface area (Å²) in [7, 11) is -2.90. The van der Waals surface area contributed by atoms with Crippen molar-refractivity contribution in [3.8, 4) is 5.75 Å². The van der Waals surface area contributed by atoms with Gasteiger partial charge in [-0.1, -0.05) is 39.3 Å². The predicted octanol–water partition coefficient (Wildman–Crippen LogP) is 4.18. The second-order valence-electron chi connectivity index (χ2n) is 7.50. The van der Waals surface area contributed by atoms with Crippen LogP contribution < -0.4 is 4.74 Å². The molecule has 0 aliphatic heterocycles. The molecule has 1 spiro atoms. The van der Waals surface area contributed by atoms with Crippen molar-refractivity contribution in [1.82, 2.24) is 0 Å². The molecule has 1 aromatic carbocycles. The number of rotatable bonds is 6. The first-order chi connectivity index (χ1) is 10.9. The molecule has 4 heteroatoms. The summed E-state index contributed by atoms with van der Waals surface area (Å²) >= 11 is 0. The Balaban J connectivity index is 1.62. The molecular formula is C19H28O3S. The van der Waals surface area contributed by atoms with Crippen LogP contribution in [-0.2, 0) is 9.84 Å². The number of benzene rings is 1. The summed E-state index contributed by atoms with van der Waals surface area (Å²) in [6, 6.07) is 8.30. The first-order valence-corrected chi connectivity index (χ1v) is 10.5. The molecule has 0 saturated heterocycles. The quantitative estimate of drug-likeness (QED) is 0.782. The highest BCUT2D eigenvalue weighted by atomic mass is 32.2. The SMILES string of the molecule is CCS(=O)(=O)C1C[C@]12CCC[C@H]2COc1ccc(C(C)C)cc1. The molecule has 0 N–H and O–H groups in total. The fourth-order valence-corrected chi connectivity index (χ4v) is 6.22. The van der Waals surface area contributed by atoms with Crippen molar-refractivity contribution in [3.63, 3.8) is 0 Å². The first kappa shape index (κ1) is 16.8. The number of ether oxygens (including phenoxy) is 1. The normalized spacial score (nSPS) is 30.1. The molecule has 0 radical (unpaired) electrons. The van der Waals surface area contributed by atoms with E-state index in [9.17, 15) is 8.42 Å². The summed E-state index contributed by atoms with van der Waals surface area (Å²) < 4.78 is 30.4. The minimum absolute atomic E-state index is 0.0206. The molecule has 2 aliphatic carbocycles. The zero-order valence-corrected chi connectivity index (χ0v) is 15.2. The van der Waals surface area contributed by atoms with Crippen LogP contribution in [0.4, 0.5) is 0 Å². The van der Waals surface area contributed by atoms with Gasteiger partial charge in [0.15, 0.2) is 9.84 Å². The van der Waals surface area contributed by atoms with E-state index < -0.39 is 9.84 Å². The van der Waals surface area contributed by atoms with Crippen molar-refractivity contribution in [1.29, 1.82) is 0 Å². The van der Waals surface area contributed by atoms with Gasteiger partial charge in [-0.25, -0.2) is 8.42 Å². The second-order valence-corrected chi connectivity index (χ2v) is 9.97. The Hall–Kier alpha value is -1.03. The molecule has 3 nitrogen and oxygen atoms in total. The van der Waals surface area contributed by atoms with Gasteiger partial charge in [0.25, 0.3) is 0 Å². The summed E-state index contributed by atoms with van der Waals surface area (Å²) in [6.45, 7) is 6.77. The monoisotopic (exact) mass is 336 g/mol. The van der Waals surface area contributed by atoms with Gasteiger partial charge in [-0.15, -0.1) is 0 Å². The fourth-order valence-electron chi connectivity index (χ4n) is 4.23. The first-order valence-electron chi connectivity index (χ1n) is 8.83. The summed E-state index contributed by atoms with van der Waals surface area (Å²) in [4.78, 5) is 0. The van der Waals surface area contributed by atoms with Gasteiger partial charge in [0, 0.05) is 5.75 Å². The smallest absolute Gasteiger partial charge is 0.153 e. The molecule has 0 amide bonds. The third-order valence-corrected chi connectivity index (χ3v) is 8.20. The van der Waals surface area contributed by atoms with Gasteiger partial charge in [0.1, 0.15) is 5.75 Å². The van der Waals surface area contributed by atoms with E-state index in [0.29, 0.717) is 18.4 Å². The topological polar surface area (TPSA) is 43.4 Å². The van der Waals surface area contributed by atoms with Crippen LogP contribution in [0.25, 0.3) is 0 Å². The molecule has 0 bridgehead atoms. The van der Waals surface area contributed by atoms with Gasteiger partial charge in [0.05, 0.1) is 11.9 Å². The summed E-state index contributed by atoms with van der Waals surface area (Å²) in [6.07, 6.45) is 4.14. The van der Waals surface area contributed by atoms with Crippen molar-refractivity contribution < 1.29 is 13.2 Å². The average molecular weight is 336 g/mol. The van der Waals surface area contributed by atoms with Gasteiger partial charge < -0.3 is 4.74 Å². The molecule has 2 saturated carbocycles. The van der Waals surface area contributed by atoms with Crippen LogP contribution in [0.15, 0.2) is 24.3 Å². The lowest BCUT2D eigenvalue weighted by molar-refractivity contribution is 0.204. The van der Waals surface area contributed by atoms with Crippen LogP contribution in [0.5, 0.6) is 5.75 Å². The highest BCUT2D eigenvalue weighted by molar-refractivity contribution is 7.92. The fraction of sp³-hybridized carbons (Fsp3) is 0.684. The van der Waals surface area contributed by atoms with Crippen molar-refractivity contribution in [2.45, 2.75) is 57.6 Å². The average Bonchev–Trinajstić information content (AvgIpc) is 3.13. The number of hydrogen-bond acceptors (Lipinski definition) is 3. The van der Waals surface area contributed by atoms with E-state index in [2.05, 4.69) is 26.0 Å². The second kappa shape index (κ2) is 6.12. The third kappa shape index (κ3) is 3.15. The van der Waals surface area contributed by atoms with E-state index in [-0.39, 0.29) is 16.4 Å². The number of hydrogen-bond donors (Lipinski definition) is 0. The van der Waals surface area contributed by atoms with E-state index >= 15 is 0 Å². The van der Waals surface area contributed by atoms with E-state index in [1.54, 1.807) is 6.92 Å². The van der Waals surface area contributed by atoms with Gasteiger partial charge in [0.2, 0.25) is 0 Å². The third-order valence-electron chi connectivity index (χ3n) is 5.89. The summed E-state index contributed by atoms with van der Waals surface area (Å²) in [5, 5.41) is -0.112. The molecule has 0 heterocycles. The molecule has 1 unspecified atom stereocenters. The minimum atomic E-state index is -2.90. The lowest BCUT2D eigenvalue weighted by Gasteiger charge is -2.21. The molecular weight excluding hydrogens is 308 g/mol. The largest absolute Gasteiger partial charge is 0.493 e. The molecule has 1 aromatic rings. The van der Waals surface area contributed by atoms with Crippen LogP contribution in [0.2, 0.25) is 0 Å². The minimum Gasteiger partial charge on any atom is -0.493 e. The Morgan fingerprint density at radius 2 is 1.96 bits per heavy atom. The Morgan fingerprint density at radius 3 is 2.57 bits per heavy atom. The molecule has 2 aliphatic rings. The van der Waals surface area contributed by atoms with Crippen LogP contribution in [0, 0.1) is 11.3 Å². The van der Waals surface area contributed by atoms with Crippen molar-refractivity contribution in [3.05, 3.63) is 29.8 Å². The molecule has 2 fully saturated rings. The van der Waals surface area contributed by atoms with E-state index in [4.69, 9.17) is 4.74 Å². The Kier molecular flexibility index (Phi) is 4.47. The highest BCUT2D eigenvalue weighted by Gasteiger charge is 2.65. The molecule has 3 rings (SSSR count). The van der Waals surface area contributed by atoms with Crippen molar-refractivity contribution in [2.24, 2.45) is 11.3 Å². The van der Waals surface area contributed by atoms with Crippen LogP contribution in [0.3, 0.4) is 0 Å². The highest BCUT2D eigenvalue weighted by Crippen LogP contribution is 2.64. The summed E-state index contributed by atoms with van der Waals surface area (Å²) in [5.41, 5.74) is 1.33. The standard InChI is InChI=1S/C19H28O3S/c1-4-23(20,21)18-12-19(18)11-5-6-16(19)13-22-17-9-7-15(8-10-17)14(2)3/h7-10,14,16,18H,4-6,11-13H2,1-3H3/t16-,18?,19-/m0/s1. The van der Waals surface area contributed by atoms with Crippen LogP contribution in [0.1, 0.15) is 57.9 Å². The molecule has 0 aromatic heterocycles.